The lowest BCUT2D eigenvalue weighted by molar-refractivity contribution is -0.260. The van der Waals surface area contributed by atoms with Crippen molar-refractivity contribution in [1.82, 2.24) is 5.16 Å². The van der Waals surface area contributed by atoms with E-state index in [-0.39, 0.29) is 50.8 Å². The third kappa shape index (κ3) is 3.03. The molecule has 4 aliphatic carbocycles. The van der Waals surface area contributed by atoms with E-state index in [9.17, 15) is 10.2 Å². The molecule has 5 heteroatoms. The molecule has 0 aromatic carbocycles. The number of hydrogen-bond donors (Lipinski definition) is 2. The van der Waals surface area contributed by atoms with E-state index in [0.29, 0.717) is 11.8 Å². The van der Waals surface area contributed by atoms with Crippen LogP contribution in [0.25, 0.3) is 0 Å². The molecule has 4 fully saturated rings. The van der Waals surface area contributed by atoms with Crippen molar-refractivity contribution in [3.8, 4) is 0 Å². The van der Waals surface area contributed by atoms with Gasteiger partial charge < -0.3 is 19.5 Å². The van der Waals surface area contributed by atoms with Gasteiger partial charge in [-0.15, -0.1) is 0 Å². The quantitative estimate of drug-likeness (QED) is 0.492. The normalized spacial score (nSPS) is 53.2. The van der Waals surface area contributed by atoms with E-state index in [0.717, 1.165) is 50.7 Å². The highest BCUT2D eigenvalue weighted by Gasteiger charge is 2.73. The first-order valence-electron chi connectivity index (χ1n) is 14.6. The van der Waals surface area contributed by atoms with Crippen molar-refractivity contribution in [2.45, 2.75) is 136 Å². The molecule has 202 valence electrons. The molecule has 1 aromatic heterocycles. The van der Waals surface area contributed by atoms with Gasteiger partial charge in [-0.3, -0.25) is 0 Å². The Morgan fingerprint density at radius 2 is 1.64 bits per heavy atom. The van der Waals surface area contributed by atoms with Crippen molar-refractivity contribution in [1.29, 1.82) is 0 Å². The molecular weight excluding hydrogens is 450 g/mol. The van der Waals surface area contributed by atoms with E-state index in [1.807, 2.05) is 6.20 Å². The van der Waals surface area contributed by atoms with Crippen LogP contribution in [0.15, 0.2) is 10.7 Å². The zero-order valence-electron chi connectivity index (χ0n) is 23.9. The van der Waals surface area contributed by atoms with Gasteiger partial charge in [0.15, 0.2) is 0 Å². The van der Waals surface area contributed by atoms with Gasteiger partial charge in [-0.2, -0.15) is 0 Å². The van der Waals surface area contributed by atoms with Crippen LogP contribution in [0.5, 0.6) is 0 Å². The molecule has 6 rings (SSSR count). The monoisotopic (exact) mass is 499 g/mol. The summed E-state index contributed by atoms with van der Waals surface area (Å²) in [5, 5.41) is 28.2. The maximum atomic E-state index is 12.1. The topological polar surface area (TPSA) is 75.7 Å². The zero-order valence-corrected chi connectivity index (χ0v) is 23.9. The number of ether oxygens (including phenoxy) is 1. The smallest absolute Gasteiger partial charge is 0.145 e. The summed E-state index contributed by atoms with van der Waals surface area (Å²) in [5.41, 5.74) is 0.363. The molecule has 0 radical (unpaired) electrons. The average molecular weight is 500 g/mol. The van der Waals surface area contributed by atoms with Gasteiger partial charge in [-0.05, 0) is 106 Å². The summed E-state index contributed by atoms with van der Waals surface area (Å²) in [6.45, 7) is 18.6. The van der Waals surface area contributed by atoms with Crippen LogP contribution in [0.3, 0.4) is 0 Å². The van der Waals surface area contributed by atoms with E-state index >= 15 is 0 Å². The Kier molecular flexibility index (Phi) is 5.21. The SMILES string of the molecule is CC1(C)CCC[C@](C)([C@H]2CC[C@]3(C)[C@@H]2[C@H](O)C[C@@H]2[C@@]4(C)Cc5cnoc5C(C)(C)[C@@H]4[C@H](O)C[C@]23C)O1. The van der Waals surface area contributed by atoms with Gasteiger partial charge in [0, 0.05) is 16.9 Å². The minimum atomic E-state index is -0.406. The first-order chi connectivity index (χ1) is 16.6. The molecule has 2 N–H and O–H groups in total. The molecule has 5 aliphatic rings. The lowest BCUT2D eigenvalue weighted by Crippen LogP contribution is -2.69. The number of nitrogens with zero attached hydrogens (tertiary/aromatic N) is 1. The highest BCUT2D eigenvalue weighted by Crippen LogP contribution is 2.75. The molecule has 3 saturated carbocycles. The molecule has 0 amide bonds. The van der Waals surface area contributed by atoms with Gasteiger partial charge in [0.1, 0.15) is 5.76 Å². The number of aliphatic hydroxyl groups excluding tert-OH is 2. The van der Waals surface area contributed by atoms with E-state index in [2.05, 4.69) is 60.5 Å². The molecule has 2 heterocycles. The number of aromatic nitrogens is 1. The summed E-state index contributed by atoms with van der Waals surface area (Å²) in [4.78, 5) is 0. The van der Waals surface area contributed by atoms with Gasteiger partial charge >= 0.3 is 0 Å². The second kappa shape index (κ2) is 7.39. The van der Waals surface area contributed by atoms with E-state index < -0.39 is 6.10 Å². The fraction of sp³-hybridized carbons (Fsp3) is 0.903. The van der Waals surface area contributed by atoms with Crippen molar-refractivity contribution in [3.05, 3.63) is 17.5 Å². The molecule has 10 atom stereocenters. The minimum absolute atomic E-state index is 0.0397. The van der Waals surface area contributed by atoms with Gasteiger partial charge in [-0.1, -0.05) is 39.8 Å². The minimum Gasteiger partial charge on any atom is -0.393 e. The van der Waals surface area contributed by atoms with Crippen LogP contribution in [0.2, 0.25) is 0 Å². The molecule has 1 aliphatic heterocycles. The first kappa shape index (κ1) is 25.4. The molecule has 1 aromatic rings. The van der Waals surface area contributed by atoms with Crippen molar-refractivity contribution in [2.75, 3.05) is 0 Å². The first-order valence-corrected chi connectivity index (χ1v) is 14.6. The van der Waals surface area contributed by atoms with Crippen LogP contribution in [-0.2, 0) is 16.6 Å². The van der Waals surface area contributed by atoms with E-state index in [1.54, 1.807) is 0 Å². The maximum absolute atomic E-state index is 12.1. The van der Waals surface area contributed by atoms with Crippen molar-refractivity contribution in [3.63, 3.8) is 0 Å². The second-order valence-corrected chi connectivity index (χ2v) is 15.7. The van der Waals surface area contributed by atoms with Gasteiger partial charge in [0.2, 0.25) is 0 Å². The largest absolute Gasteiger partial charge is 0.393 e. The Bertz CT molecular complexity index is 1050. The maximum Gasteiger partial charge on any atom is 0.145 e. The summed E-state index contributed by atoms with van der Waals surface area (Å²) in [7, 11) is 0. The predicted molar refractivity (Wildman–Crippen MR) is 139 cm³/mol. The molecule has 0 unspecified atom stereocenters. The summed E-state index contributed by atoms with van der Waals surface area (Å²) in [5.74, 6) is 1.90. The lowest BCUT2D eigenvalue weighted by Gasteiger charge is -2.70. The number of aliphatic hydroxyl groups is 2. The van der Waals surface area contributed by atoms with E-state index in [4.69, 9.17) is 9.26 Å². The molecular formula is C31H49NO4. The van der Waals surface area contributed by atoms with Gasteiger partial charge in [-0.25, -0.2) is 0 Å². The summed E-state index contributed by atoms with van der Waals surface area (Å²) < 4.78 is 12.6. The van der Waals surface area contributed by atoms with Crippen molar-refractivity contribution in [2.24, 2.45) is 39.9 Å². The Morgan fingerprint density at radius 1 is 0.917 bits per heavy atom. The highest BCUT2D eigenvalue weighted by atomic mass is 16.5. The molecule has 5 nitrogen and oxygen atoms in total. The third-order valence-electron chi connectivity index (χ3n) is 13.0. The van der Waals surface area contributed by atoms with Crippen LogP contribution in [-0.4, -0.2) is 38.8 Å². The zero-order chi connectivity index (χ0) is 26.1. The number of rotatable bonds is 1. The Labute approximate surface area is 217 Å². The van der Waals surface area contributed by atoms with Crippen LogP contribution in [0.4, 0.5) is 0 Å². The summed E-state index contributed by atoms with van der Waals surface area (Å²) in [6.07, 6.45) is 9.18. The van der Waals surface area contributed by atoms with E-state index in [1.165, 1.54) is 12.0 Å². The summed E-state index contributed by atoms with van der Waals surface area (Å²) >= 11 is 0. The Balaban J connectivity index is 1.42. The molecule has 0 bridgehead atoms. The number of fused-ring (bicyclic) bond motifs is 6. The highest BCUT2D eigenvalue weighted by molar-refractivity contribution is 5.34. The third-order valence-corrected chi connectivity index (χ3v) is 13.0. The second-order valence-electron chi connectivity index (χ2n) is 15.7. The van der Waals surface area contributed by atoms with Crippen LogP contribution in [0.1, 0.15) is 112 Å². The average Bonchev–Trinajstić information content (AvgIpc) is 3.35. The van der Waals surface area contributed by atoms with Crippen molar-refractivity contribution < 1.29 is 19.5 Å². The van der Waals surface area contributed by atoms with Gasteiger partial charge in [0.05, 0.1) is 29.6 Å². The van der Waals surface area contributed by atoms with Crippen LogP contribution >= 0.6 is 0 Å². The fourth-order valence-corrected chi connectivity index (χ4v) is 11.8. The lowest BCUT2D eigenvalue weighted by atomic mass is 9.34. The molecule has 36 heavy (non-hydrogen) atoms. The molecule has 1 saturated heterocycles. The summed E-state index contributed by atoms with van der Waals surface area (Å²) in [6, 6.07) is 0. The van der Waals surface area contributed by atoms with Crippen molar-refractivity contribution >= 4 is 0 Å². The van der Waals surface area contributed by atoms with Crippen LogP contribution < -0.4 is 0 Å². The predicted octanol–water partition coefficient (Wildman–Crippen LogP) is 6.05. The molecule has 0 spiro atoms. The van der Waals surface area contributed by atoms with Gasteiger partial charge in [0.25, 0.3) is 0 Å². The van der Waals surface area contributed by atoms with Crippen LogP contribution in [0, 0.1) is 39.9 Å². The Hall–Kier alpha value is -0.910. The Morgan fingerprint density at radius 3 is 2.33 bits per heavy atom. The standard InChI is InChI=1S/C31H49NO4/c1-26(2)11-9-12-31(8,36-26)19-10-13-29(6)23(19)20(33)14-22-28(5)15-18-17-32-35-25(18)27(3,4)24(28)21(34)16-30(22,29)7/h17,19-24,33-34H,9-16H2,1-8H3/t19-,20+,21+,22+,23-,24-,28+,29+,30+,31+/m0/s1. The fourth-order valence-electron chi connectivity index (χ4n) is 11.8. The number of hydrogen-bond acceptors (Lipinski definition) is 5.